The summed E-state index contributed by atoms with van der Waals surface area (Å²) in [6, 6.07) is 2.44. The topological polar surface area (TPSA) is 33.0 Å². The summed E-state index contributed by atoms with van der Waals surface area (Å²) in [7, 11) is 0. The molecule has 0 atom stereocenters. The van der Waals surface area contributed by atoms with E-state index < -0.39 is 0 Å². The molecule has 0 aromatic rings. The molecular weight excluding hydrogens is 246 g/mol. The van der Waals surface area contributed by atoms with Crippen LogP contribution in [0.1, 0.15) is 64.7 Å². The molecule has 0 amide bonds. The van der Waals surface area contributed by atoms with Gasteiger partial charge in [-0.15, -0.1) is 0 Å². The highest BCUT2D eigenvalue weighted by atomic mass is 16.5. The molecule has 20 heavy (non-hydrogen) atoms. The summed E-state index contributed by atoms with van der Waals surface area (Å²) >= 11 is 0. The van der Waals surface area contributed by atoms with Crippen molar-refractivity contribution >= 4 is 0 Å². The number of nitriles is 1. The second-order valence-corrected chi connectivity index (χ2v) is 6.63. The average Bonchev–Trinajstić information content (AvgIpc) is 2.52. The van der Waals surface area contributed by atoms with Crippen molar-refractivity contribution in [3.05, 3.63) is 12.3 Å². The standard InChI is InChI=1S/C18H29NO/c1-2-3-12-20-14-16-6-10-18(11-7-16)17-8-4-15(13-19)5-9-17/h3,12,15-18H,2,4-11,14H2,1H3/t15-,16-,17-,18-. The summed E-state index contributed by atoms with van der Waals surface area (Å²) < 4.78 is 5.61. The number of nitrogens with zero attached hydrogens (tertiary/aromatic N) is 1. The smallest absolute Gasteiger partial charge is 0.0901 e. The van der Waals surface area contributed by atoms with Crippen LogP contribution in [-0.2, 0) is 4.74 Å². The lowest BCUT2D eigenvalue weighted by Gasteiger charge is -2.36. The van der Waals surface area contributed by atoms with Gasteiger partial charge in [0.2, 0.25) is 0 Å². The first-order chi connectivity index (χ1) is 9.83. The van der Waals surface area contributed by atoms with Gasteiger partial charge in [-0.05, 0) is 75.5 Å². The molecule has 0 heterocycles. The van der Waals surface area contributed by atoms with Gasteiger partial charge in [0.1, 0.15) is 0 Å². The summed E-state index contributed by atoms with van der Waals surface area (Å²) in [4.78, 5) is 0. The van der Waals surface area contributed by atoms with Gasteiger partial charge in [0.15, 0.2) is 0 Å². The fraction of sp³-hybridized carbons (Fsp3) is 0.833. The molecule has 2 saturated carbocycles. The van der Waals surface area contributed by atoms with Crippen LogP contribution in [-0.4, -0.2) is 6.61 Å². The van der Waals surface area contributed by atoms with Crippen molar-refractivity contribution < 1.29 is 4.74 Å². The van der Waals surface area contributed by atoms with E-state index >= 15 is 0 Å². The van der Waals surface area contributed by atoms with Gasteiger partial charge < -0.3 is 4.74 Å². The molecule has 2 rings (SSSR count). The predicted octanol–water partition coefficient (Wildman–Crippen LogP) is 5.06. The van der Waals surface area contributed by atoms with E-state index in [1.807, 2.05) is 6.26 Å². The van der Waals surface area contributed by atoms with Gasteiger partial charge in [0.25, 0.3) is 0 Å². The first-order valence-electron chi connectivity index (χ1n) is 8.49. The summed E-state index contributed by atoms with van der Waals surface area (Å²) in [6.45, 7) is 3.04. The molecule has 0 unspecified atom stereocenters. The molecule has 112 valence electrons. The Bertz CT molecular complexity index is 328. The van der Waals surface area contributed by atoms with E-state index in [1.54, 1.807) is 0 Å². The maximum absolute atomic E-state index is 8.97. The van der Waals surface area contributed by atoms with Crippen molar-refractivity contribution in [1.29, 1.82) is 5.26 Å². The van der Waals surface area contributed by atoms with Crippen LogP contribution >= 0.6 is 0 Å². The number of rotatable bonds is 5. The Labute approximate surface area is 124 Å². The van der Waals surface area contributed by atoms with E-state index in [0.717, 1.165) is 43.6 Å². The van der Waals surface area contributed by atoms with Gasteiger partial charge in [-0.1, -0.05) is 13.0 Å². The Kier molecular flexibility index (Phi) is 6.43. The van der Waals surface area contributed by atoms with Gasteiger partial charge in [0, 0.05) is 5.92 Å². The first kappa shape index (κ1) is 15.4. The van der Waals surface area contributed by atoms with Crippen molar-refractivity contribution in [3.8, 4) is 6.07 Å². The molecule has 0 aliphatic heterocycles. The molecular formula is C18H29NO. The lowest BCUT2D eigenvalue weighted by molar-refractivity contribution is 0.113. The molecule has 0 aromatic heterocycles. The zero-order chi connectivity index (χ0) is 14.2. The molecule has 0 N–H and O–H groups in total. The van der Waals surface area contributed by atoms with Crippen molar-refractivity contribution in [2.75, 3.05) is 6.61 Å². The highest BCUT2D eigenvalue weighted by Gasteiger charge is 2.30. The Hall–Kier alpha value is -0.970. The van der Waals surface area contributed by atoms with Crippen molar-refractivity contribution in [2.24, 2.45) is 23.7 Å². The van der Waals surface area contributed by atoms with Crippen molar-refractivity contribution in [3.63, 3.8) is 0 Å². The van der Waals surface area contributed by atoms with Crippen LogP contribution < -0.4 is 0 Å². The summed E-state index contributed by atoms with van der Waals surface area (Å²) in [6.07, 6.45) is 15.3. The fourth-order valence-electron chi connectivity index (χ4n) is 3.90. The average molecular weight is 275 g/mol. The van der Waals surface area contributed by atoms with Crippen LogP contribution in [0.4, 0.5) is 0 Å². The minimum Gasteiger partial charge on any atom is -0.501 e. The minimum absolute atomic E-state index is 0.348. The van der Waals surface area contributed by atoms with Gasteiger partial charge in [-0.25, -0.2) is 0 Å². The van der Waals surface area contributed by atoms with Gasteiger partial charge in [-0.2, -0.15) is 5.26 Å². The molecule has 2 aliphatic rings. The molecule has 2 fully saturated rings. The molecule has 0 radical (unpaired) electrons. The van der Waals surface area contributed by atoms with Crippen LogP contribution in [0.15, 0.2) is 12.3 Å². The highest BCUT2D eigenvalue weighted by Crippen LogP contribution is 2.41. The SMILES string of the molecule is CCC=COC[C@H]1CC[C@H]([C@H]2CC[C@H](C#N)CC2)CC1. The van der Waals surface area contributed by atoms with Crippen molar-refractivity contribution in [2.45, 2.75) is 64.7 Å². The van der Waals surface area contributed by atoms with E-state index in [9.17, 15) is 0 Å². The fourth-order valence-corrected chi connectivity index (χ4v) is 3.90. The van der Waals surface area contributed by atoms with E-state index in [0.29, 0.717) is 5.92 Å². The van der Waals surface area contributed by atoms with E-state index in [4.69, 9.17) is 10.00 Å². The van der Waals surface area contributed by atoms with Crippen LogP contribution in [0.5, 0.6) is 0 Å². The van der Waals surface area contributed by atoms with Crippen LogP contribution in [0.2, 0.25) is 0 Å². The normalized spacial score (nSPS) is 34.8. The molecule has 0 bridgehead atoms. The molecule has 0 spiro atoms. The Balaban J connectivity index is 1.64. The lowest BCUT2D eigenvalue weighted by atomic mass is 9.69. The van der Waals surface area contributed by atoms with Gasteiger partial charge >= 0.3 is 0 Å². The van der Waals surface area contributed by atoms with Crippen LogP contribution in [0, 0.1) is 35.0 Å². The molecule has 2 nitrogen and oxygen atoms in total. The van der Waals surface area contributed by atoms with Crippen molar-refractivity contribution in [1.82, 2.24) is 0 Å². The molecule has 0 saturated heterocycles. The Morgan fingerprint density at radius 3 is 2.15 bits per heavy atom. The number of hydrogen-bond acceptors (Lipinski definition) is 2. The third-order valence-electron chi connectivity index (χ3n) is 5.27. The van der Waals surface area contributed by atoms with Gasteiger partial charge in [-0.3, -0.25) is 0 Å². The van der Waals surface area contributed by atoms with E-state index in [-0.39, 0.29) is 0 Å². The maximum atomic E-state index is 8.97. The summed E-state index contributed by atoms with van der Waals surface area (Å²) in [5, 5.41) is 8.97. The predicted molar refractivity (Wildman–Crippen MR) is 81.9 cm³/mol. The third kappa shape index (κ3) is 4.54. The van der Waals surface area contributed by atoms with Crippen LogP contribution in [0.3, 0.4) is 0 Å². The molecule has 2 aliphatic carbocycles. The van der Waals surface area contributed by atoms with E-state index in [1.165, 1.54) is 38.5 Å². The first-order valence-corrected chi connectivity index (χ1v) is 8.49. The lowest BCUT2D eigenvalue weighted by Crippen LogP contribution is -2.26. The van der Waals surface area contributed by atoms with Crippen LogP contribution in [0.25, 0.3) is 0 Å². The zero-order valence-corrected chi connectivity index (χ0v) is 12.9. The highest BCUT2D eigenvalue weighted by molar-refractivity contribution is 4.89. The Morgan fingerprint density at radius 1 is 1.00 bits per heavy atom. The number of hydrogen-bond donors (Lipinski definition) is 0. The summed E-state index contributed by atoms with van der Waals surface area (Å²) in [5.41, 5.74) is 0. The van der Waals surface area contributed by atoms with Gasteiger partial charge in [0.05, 0.1) is 18.9 Å². The second-order valence-electron chi connectivity index (χ2n) is 6.63. The maximum Gasteiger partial charge on any atom is 0.0901 e. The van der Waals surface area contributed by atoms with E-state index in [2.05, 4.69) is 19.1 Å². The number of ether oxygens (including phenoxy) is 1. The summed E-state index contributed by atoms with van der Waals surface area (Å²) in [5.74, 6) is 2.95. The molecule has 0 aromatic carbocycles. The second kappa shape index (κ2) is 8.35. The zero-order valence-electron chi connectivity index (χ0n) is 12.9. The Morgan fingerprint density at radius 2 is 1.60 bits per heavy atom. The molecule has 2 heteroatoms. The largest absolute Gasteiger partial charge is 0.501 e. The third-order valence-corrected chi connectivity index (χ3v) is 5.27. The monoisotopic (exact) mass is 275 g/mol. The quantitative estimate of drug-likeness (QED) is 0.657. The minimum atomic E-state index is 0.348. The number of allylic oxidation sites excluding steroid dienone is 1.